The summed E-state index contributed by atoms with van der Waals surface area (Å²) in [6, 6.07) is 3.71. The minimum Gasteiger partial charge on any atom is -0.424 e. The van der Waals surface area contributed by atoms with Crippen LogP contribution in [0.15, 0.2) is 16.5 Å². The van der Waals surface area contributed by atoms with Crippen molar-refractivity contribution in [3.05, 3.63) is 33.1 Å². The van der Waals surface area contributed by atoms with E-state index in [0.717, 1.165) is 11.3 Å². The molecule has 0 bridgehead atoms. The predicted octanol–water partition coefficient (Wildman–Crippen LogP) is 3.99. The predicted molar refractivity (Wildman–Crippen MR) is 82.4 cm³/mol. The highest BCUT2D eigenvalue weighted by Gasteiger charge is 2.21. The van der Waals surface area contributed by atoms with Crippen molar-refractivity contribution in [1.29, 1.82) is 0 Å². The SMILES string of the molecule is CC(C)Cc1nnc([C@@H](C)[S@](=O)Cc2ccc(Cl)s2)o1. The summed E-state index contributed by atoms with van der Waals surface area (Å²) in [6.07, 6.45) is 0.743. The zero-order chi connectivity index (χ0) is 14.7. The van der Waals surface area contributed by atoms with Crippen molar-refractivity contribution in [1.82, 2.24) is 10.2 Å². The molecule has 0 saturated heterocycles. The Kier molecular flexibility index (Phi) is 5.35. The molecule has 110 valence electrons. The van der Waals surface area contributed by atoms with E-state index in [1.807, 2.05) is 19.1 Å². The van der Waals surface area contributed by atoms with Crippen LogP contribution in [0, 0.1) is 5.92 Å². The van der Waals surface area contributed by atoms with Crippen molar-refractivity contribution in [2.75, 3.05) is 0 Å². The lowest BCUT2D eigenvalue weighted by molar-refractivity contribution is 0.425. The van der Waals surface area contributed by atoms with Crippen molar-refractivity contribution < 1.29 is 8.63 Å². The van der Waals surface area contributed by atoms with Crippen molar-refractivity contribution >= 4 is 33.7 Å². The van der Waals surface area contributed by atoms with Gasteiger partial charge in [0, 0.05) is 22.1 Å². The van der Waals surface area contributed by atoms with Gasteiger partial charge >= 0.3 is 0 Å². The third-order valence-electron chi connectivity index (χ3n) is 2.72. The molecule has 0 N–H and O–H groups in total. The zero-order valence-electron chi connectivity index (χ0n) is 11.6. The molecule has 2 aromatic rings. The normalized spacial score (nSPS) is 14.7. The molecule has 0 aliphatic rings. The van der Waals surface area contributed by atoms with E-state index in [9.17, 15) is 4.21 Å². The fourth-order valence-electron chi connectivity index (χ4n) is 1.67. The molecular weight excluding hydrogens is 316 g/mol. The Morgan fingerprint density at radius 1 is 1.35 bits per heavy atom. The van der Waals surface area contributed by atoms with Crippen LogP contribution in [0.3, 0.4) is 0 Å². The Morgan fingerprint density at radius 3 is 2.70 bits per heavy atom. The molecule has 0 unspecified atom stereocenters. The molecule has 0 aromatic carbocycles. The molecule has 0 aliphatic heterocycles. The van der Waals surface area contributed by atoms with Gasteiger partial charge in [-0.1, -0.05) is 25.4 Å². The van der Waals surface area contributed by atoms with Crippen LogP contribution < -0.4 is 0 Å². The van der Waals surface area contributed by atoms with Crippen LogP contribution in [0.25, 0.3) is 0 Å². The Hall–Kier alpha value is -0.720. The third-order valence-corrected chi connectivity index (χ3v) is 5.72. The first-order valence-electron chi connectivity index (χ1n) is 6.39. The number of nitrogens with zero attached hydrogens (tertiary/aromatic N) is 2. The van der Waals surface area contributed by atoms with Gasteiger partial charge in [-0.2, -0.15) is 0 Å². The topological polar surface area (TPSA) is 56.0 Å². The summed E-state index contributed by atoms with van der Waals surface area (Å²) in [6.45, 7) is 6.02. The maximum absolute atomic E-state index is 12.3. The molecule has 0 fully saturated rings. The van der Waals surface area contributed by atoms with Crippen LogP contribution in [-0.4, -0.2) is 14.4 Å². The molecule has 2 atom stereocenters. The first-order chi connectivity index (χ1) is 9.45. The van der Waals surface area contributed by atoms with Gasteiger partial charge in [-0.15, -0.1) is 21.5 Å². The van der Waals surface area contributed by atoms with Crippen LogP contribution in [0.4, 0.5) is 0 Å². The largest absolute Gasteiger partial charge is 0.424 e. The molecule has 7 heteroatoms. The number of hydrogen-bond acceptors (Lipinski definition) is 5. The maximum atomic E-state index is 12.3. The molecule has 0 radical (unpaired) electrons. The van der Waals surface area contributed by atoms with E-state index < -0.39 is 10.8 Å². The average Bonchev–Trinajstić information content (AvgIpc) is 2.97. The van der Waals surface area contributed by atoms with Crippen LogP contribution in [0.5, 0.6) is 0 Å². The van der Waals surface area contributed by atoms with Gasteiger partial charge in [0.2, 0.25) is 11.8 Å². The Balaban J connectivity index is 2.01. The summed E-state index contributed by atoms with van der Waals surface area (Å²) >= 11 is 7.32. The van der Waals surface area contributed by atoms with Gasteiger partial charge in [0.15, 0.2) is 0 Å². The van der Waals surface area contributed by atoms with E-state index in [0.29, 0.717) is 27.8 Å². The summed E-state index contributed by atoms with van der Waals surface area (Å²) in [5, 5.41) is 7.73. The van der Waals surface area contributed by atoms with Crippen LogP contribution >= 0.6 is 22.9 Å². The summed E-state index contributed by atoms with van der Waals surface area (Å²) in [4.78, 5) is 1.00. The summed E-state index contributed by atoms with van der Waals surface area (Å²) in [7, 11) is -1.10. The highest BCUT2D eigenvalue weighted by molar-refractivity contribution is 7.84. The monoisotopic (exact) mass is 332 g/mol. The first kappa shape index (κ1) is 15.7. The lowest BCUT2D eigenvalue weighted by Crippen LogP contribution is -2.05. The minimum atomic E-state index is -1.10. The summed E-state index contributed by atoms with van der Waals surface area (Å²) < 4.78 is 18.6. The second-order valence-electron chi connectivity index (χ2n) is 5.01. The molecule has 0 saturated carbocycles. The van der Waals surface area contributed by atoms with Gasteiger partial charge in [-0.25, -0.2) is 0 Å². The summed E-state index contributed by atoms with van der Waals surface area (Å²) in [5.41, 5.74) is 0. The second-order valence-corrected chi connectivity index (χ2v) is 8.56. The molecular formula is C13H17ClN2O2S2. The molecule has 4 nitrogen and oxygen atoms in total. The highest BCUT2D eigenvalue weighted by atomic mass is 35.5. The number of aromatic nitrogens is 2. The van der Waals surface area contributed by atoms with Crippen molar-refractivity contribution in [2.24, 2.45) is 5.92 Å². The molecule has 0 spiro atoms. The number of thiophene rings is 1. The van der Waals surface area contributed by atoms with Crippen molar-refractivity contribution in [3.63, 3.8) is 0 Å². The fourth-order valence-corrected chi connectivity index (χ4v) is 4.08. The van der Waals surface area contributed by atoms with Crippen LogP contribution in [0.2, 0.25) is 4.34 Å². The number of halogens is 1. The van der Waals surface area contributed by atoms with E-state index in [-0.39, 0.29) is 5.25 Å². The standard InChI is InChI=1S/C13H17ClN2O2S2/c1-8(2)6-12-15-16-13(18-12)9(3)20(17)7-10-4-5-11(14)19-10/h4-5,8-9H,6-7H2,1-3H3/t9-,20-/m1/s1. The second kappa shape index (κ2) is 6.83. The Labute approximate surface area is 130 Å². The molecule has 0 aliphatic carbocycles. The molecule has 20 heavy (non-hydrogen) atoms. The number of hydrogen-bond donors (Lipinski definition) is 0. The van der Waals surface area contributed by atoms with Crippen molar-refractivity contribution in [2.45, 2.75) is 38.2 Å². The van der Waals surface area contributed by atoms with Gasteiger partial charge in [-0.3, -0.25) is 4.21 Å². The average molecular weight is 333 g/mol. The molecule has 2 aromatic heterocycles. The highest BCUT2D eigenvalue weighted by Crippen LogP contribution is 2.26. The van der Waals surface area contributed by atoms with E-state index >= 15 is 0 Å². The van der Waals surface area contributed by atoms with Gasteiger partial charge in [-0.05, 0) is 25.0 Å². The zero-order valence-corrected chi connectivity index (χ0v) is 14.0. The van der Waals surface area contributed by atoms with E-state index in [2.05, 4.69) is 24.0 Å². The van der Waals surface area contributed by atoms with Gasteiger partial charge in [0.1, 0.15) is 5.25 Å². The van der Waals surface area contributed by atoms with E-state index in [1.54, 1.807) is 0 Å². The Morgan fingerprint density at radius 2 is 2.10 bits per heavy atom. The van der Waals surface area contributed by atoms with Crippen LogP contribution in [0.1, 0.15) is 42.7 Å². The Bertz CT molecular complexity index is 595. The third kappa shape index (κ3) is 4.14. The molecule has 2 rings (SSSR count). The number of rotatable bonds is 6. The smallest absolute Gasteiger partial charge is 0.231 e. The van der Waals surface area contributed by atoms with E-state index in [4.69, 9.17) is 16.0 Å². The minimum absolute atomic E-state index is 0.274. The lowest BCUT2D eigenvalue weighted by Gasteiger charge is -2.05. The first-order valence-corrected chi connectivity index (χ1v) is 8.97. The summed E-state index contributed by atoms with van der Waals surface area (Å²) in [5.74, 6) is 1.97. The van der Waals surface area contributed by atoms with Gasteiger partial charge in [0.25, 0.3) is 0 Å². The molecule has 2 heterocycles. The quantitative estimate of drug-likeness (QED) is 0.802. The molecule has 0 amide bonds. The fraction of sp³-hybridized carbons (Fsp3) is 0.538. The maximum Gasteiger partial charge on any atom is 0.231 e. The van der Waals surface area contributed by atoms with Gasteiger partial charge in [0.05, 0.1) is 10.1 Å². The van der Waals surface area contributed by atoms with E-state index in [1.165, 1.54) is 11.3 Å². The van der Waals surface area contributed by atoms with Gasteiger partial charge < -0.3 is 4.42 Å². The van der Waals surface area contributed by atoms with Crippen molar-refractivity contribution in [3.8, 4) is 0 Å². The lowest BCUT2D eigenvalue weighted by atomic mass is 10.1. The van der Waals surface area contributed by atoms with Crippen LogP contribution in [-0.2, 0) is 23.0 Å².